The normalized spacial score (nSPS) is 24.8. The van der Waals surface area contributed by atoms with Gasteiger partial charge in [0, 0.05) is 19.1 Å². The lowest BCUT2D eigenvalue weighted by atomic mass is 10.2. The summed E-state index contributed by atoms with van der Waals surface area (Å²) >= 11 is 0. The van der Waals surface area contributed by atoms with Crippen molar-refractivity contribution in [3.05, 3.63) is 29.8 Å². The molecular weight excluding hydrogens is 276 g/mol. The second-order valence-corrected chi connectivity index (χ2v) is 7.14. The molecule has 20 heavy (non-hydrogen) atoms. The third-order valence-electron chi connectivity index (χ3n) is 3.44. The lowest BCUT2D eigenvalue weighted by molar-refractivity contribution is -0.0170. The van der Waals surface area contributed by atoms with E-state index in [2.05, 4.69) is 5.32 Å². The van der Waals surface area contributed by atoms with Crippen LogP contribution in [0, 0.1) is 0 Å². The first-order valence-corrected chi connectivity index (χ1v) is 8.26. The topological polar surface area (TPSA) is 58.6 Å². The predicted octanol–water partition coefficient (Wildman–Crippen LogP) is 1.20. The number of morpholine rings is 1. The van der Waals surface area contributed by atoms with E-state index in [4.69, 9.17) is 4.74 Å². The second kappa shape index (κ2) is 6.22. The average Bonchev–Trinajstić information content (AvgIpc) is 2.42. The highest BCUT2D eigenvalue weighted by molar-refractivity contribution is 7.89. The third-order valence-corrected chi connectivity index (χ3v) is 5.41. The van der Waals surface area contributed by atoms with Crippen LogP contribution in [0.25, 0.3) is 0 Å². The summed E-state index contributed by atoms with van der Waals surface area (Å²) in [6, 6.07) is 6.96. The van der Waals surface area contributed by atoms with Crippen molar-refractivity contribution in [2.24, 2.45) is 0 Å². The predicted molar refractivity (Wildman–Crippen MR) is 78.0 cm³/mol. The largest absolute Gasteiger partial charge is 0.375 e. The quantitative estimate of drug-likeness (QED) is 0.907. The molecule has 112 valence electrons. The fourth-order valence-electron chi connectivity index (χ4n) is 2.36. The van der Waals surface area contributed by atoms with Gasteiger partial charge in [-0.1, -0.05) is 12.1 Å². The van der Waals surface area contributed by atoms with Crippen molar-refractivity contribution >= 4 is 10.0 Å². The van der Waals surface area contributed by atoms with Crippen LogP contribution in [0.15, 0.2) is 29.2 Å². The highest BCUT2D eigenvalue weighted by atomic mass is 32.2. The Kier molecular flexibility index (Phi) is 4.80. The molecule has 0 saturated carbocycles. The molecule has 1 saturated heterocycles. The molecule has 1 N–H and O–H groups in total. The van der Waals surface area contributed by atoms with Gasteiger partial charge in [0.1, 0.15) is 0 Å². The molecule has 2 rings (SSSR count). The van der Waals surface area contributed by atoms with Gasteiger partial charge in [-0.25, -0.2) is 8.42 Å². The minimum atomic E-state index is -3.46. The summed E-state index contributed by atoms with van der Waals surface area (Å²) in [5, 5.41) is 3.03. The van der Waals surface area contributed by atoms with Crippen molar-refractivity contribution in [3.63, 3.8) is 0 Å². The van der Waals surface area contributed by atoms with Gasteiger partial charge in [-0.15, -0.1) is 0 Å². The number of benzene rings is 1. The minimum absolute atomic E-state index is 0.0681. The van der Waals surface area contributed by atoms with Crippen LogP contribution in [0.1, 0.15) is 19.4 Å². The van der Waals surface area contributed by atoms with Crippen molar-refractivity contribution < 1.29 is 13.2 Å². The number of nitrogens with zero attached hydrogens (tertiary/aromatic N) is 1. The summed E-state index contributed by atoms with van der Waals surface area (Å²) in [7, 11) is -1.62. The zero-order valence-electron chi connectivity index (χ0n) is 12.2. The molecule has 2 unspecified atom stereocenters. The van der Waals surface area contributed by atoms with Crippen LogP contribution in [-0.4, -0.2) is 45.1 Å². The molecule has 6 heteroatoms. The Bertz CT molecular complexity index is 559. The monoisotopic (exact) mass is 298 g/mol. The Balaban J connectivity index is 2.31. The van der Waals surface area contributed by atoms with E-state index in [0.29, 0.717) is 24.6 Å². The number of hydrogen-bond donors (Lipinski definition) is 1. The Morgan fingerprint density at radius 3 is 2.85 bits per heavy atom. The molecule has 0 aromatic heterocycles. The molecule has 1 aromatic rings. The van der Waals surface area contributed by atoms with Crippen molar-refractivity contribution in [1.82, 2.24) is 9.62 Å². The summed E-state index contributed by atoms with van der Waals surface area (Å²) in [4.78, 5) is 0.353. The highest BCUT2D eigenvalue weighted by Gasteiger charge is 2.34. The summed E-state index contributed by atoms with van der Waals surface area (Å²) in [6.45, 7) is 5.27. The Morgan fingerprint density at radius 2 is 2.15 bits per heavy atom. The summed E-state index contributed by atoms with van der Waals surface area (Å²) in [5.74, 6) is 0. The van der Waals surface area contributed by atoms with Gasteiger partial charge in [-0.2, -0.15) is 4.31 Å². The molecule has 1 aliphatic rings. The average molecular weight is 298 g/mol. The Morgan fingerprint density at radius 1 is 1.40 bits per heavy atom. The van der Waals surface area contributed by atoms with Crippen LogP contribution in [0.3, 0.4) is 0 Å². The van der Waals surface area contributed by atoms with Gasteiger partial charge < -0.3 is 10.1 Å². The number of sulfonamides is 1. The molecule has 1 aromatic carbocycles. The van der Waals surface area contributed by atoms with E-state index in [1.165, 1.54) is 0 Å². The smallest absolute Gasteiger partial charge is 0.243 e. The van der Waals surface area contributed by atoms with Crippen LogP contribution in [-0.2, 0) is 21.3 Å². The van der Waals surface area contributed by atoms with Crippen molar-refractivity contribution in [2.45, 2.75) is 37.4 Å². The first kappa shape index (κ1) is 15.4. The van der Waals surface area contributed by atoms with Crippen molar-refractivity contribution in [1.29, 1.82) is 0 Å². The van der Waals surface area contributed by atoms with Crippen LogP contribution in [0.2, 0.25) is 0 Å². The fourth-order valence-corrected chi connectivity index (χ4v) is 4.13. The summed E-state index contributed by atoms with van der Waals surface area (Å²) in [6.07, 6.45) is -0.0681. The Hall–Kier alpha value is -0.950. The zero-order valence-corrected chi connectivity index (χ0v) is 13.0. The third kappa shape index (κ3) is 3.20. The van der Waals surface area contributed by atoms with Crippen LogP contribution < -0.4 is 5.32 Å². The van der Waals surface area contributed by atoms with Crippen LogP contribution in [0.5, 0.6) is 0 Å². The molecule has 2 atom stereocenters. The number of ether oxygens (including phenoxy) is 1. The molecule has 1 fully saturated rings. The van der Waals surface area contributed by atoms with Crippen molar-refractivity contribution in [3.8, 4) is 0 Å². The molecule has 0 radical (unpaired) electrons. The minimum Gasteiger partial charge on any atom is -0.375 e. The number of nitrogens with one attached hydrogen (secondary N) is 1. The molecule has 0 amide bonds. The van der Waals surface area contributed by atoms with Gasteiger partial charge in [0.2, 0.25) is 10.0 Å². The van der Waals surface area contributed by atoms with E-state index >= 15 is 0 Å². The van der Waals surface area contributed by atoms with E-state index in [1.54, 1.807) is 22.5 Å². The van der Waals surface area contributed by atoms with E-state index in [1.807, 2.05) is 27.0 Å². The number of hydrogen-bond acceptors (Lipinski definition) is 4. The molecular formula is C14H22N2O3S. The summed E-state index contributed by atoms with van der Waals surface area (Å²) in [5.41, 5.74) is 0.961. The molecule has 1 aliphatic heterocycles. The molecule has 5 nitrogen and oxygen atoms in total. The lowest BCUT2D eigenvalue weighted by Gasteiger charge is -2.35. The first-order chi connectivity index (χ1) is 9.45. The maximum atomic E-state index is 12.7. The Labute approximate surface area is 121 Å². The summed E-state index contributed by atoms with van der Waals surface area (Å²) < 4.78 is 32.5. The van der Waals surface area contributed by atoms with E-state index in [0.717, 1.165) is 5.56 Å². The number of rotatable bonds is 4. The van der Waals surface area contributed by atoms with Gasteiger partial charge in [0.05, 0.1) is 17.6 Å². The second-order valence-electron chi connectivity index (χ2n) is 5.25. The maximum absolute atomic E-state index is 12.7. The molecule has 0 bridgehead atoms. The van der Waals surface area contributed by atoms with Gasteiger partial charge in [-0.3, -0.25) is 0 Å². The first-order valence-electron chi connectivity index (χ1n) is 6.82. The maximum Gasteiger partial charge on any atom is 0.243 e. The highest BCUT2D eigenvalue weighted by Crippen LogP contribution is 2.23. The molecule has 0 aliphatic carbocycles. The van der Waals surface area contributed by atoms with E-state index < -0.39 is 10.0 Å². The van der Waals surface area contributed by atoms with Crippen LogP contribution in [0.4, 0.5) is 0 Å². The zero-order chi connectivity index (χ0) is 14.8. The fraction of sp³-hybridized carbons (Fsp3) is 0.571. The van der Waals surface area contributed by atoms with Gasteiger partial charge >= 0.3 is 0 Å². The van der Waals surface area contributed by atoms with Gasteiger partial charge in [0.15, 0.2) is 0 Å². The van der Waals surface area contributed by atoms with Gasteiger partial charge in [0.25, 0.3) is 0 Å². The standard InChI is InChI=1S/C14H22N2O3S/c1-11-10-19-12(2)9-16(11)20(17,18)14-6-4-5-13(7-14)8-15-3/h4-7,11-12,15H,8-10H2,1-3H3. The van der Waals surface area contributed by atoms with Crippen molar-refractivity contribution in [2.75, 3.05) is 20.2 Å². The van der Waals surface area contributed by atoms with E-state index in [-0.39, 0.29) is 12.1 Å². The van der Waals surface area contributed by atoms with Crippen LogP contribution >= 0.6 is 0 Å². The van der Waals surface area contributed by atoms with E-state index in [9.17, 15) is 8.42 Å². The molecule has 0 spiro atoms. The molecule has 1 heterocycles. The lowest BCUT2D eigenvalue weighted by Crippen LogP contribution is -2.50. The SMILES string of the molecule is CNCc1cccc(S(=O)(=O)N2CC(C)OCC2C)c1. The van der Waals surface area contributed by atoms with Gasteiger partial charge in [-0.05, 0) is 38.6 Å².